The van der Waals surface area contributed by atoms with E-state index in [2.05, 4.69) is 4.98 Å². The second-order valence-corrected chi connectivity index (χ2v) is 2.47. The van der Waals surface area contributed by atoms with Crippen LogP contribution in [0.5, 0.6) is 0 Å². The van der Waals surface area contributed by atoms with Gasteiger partial charge in [-0.1, -0.05) is 0 Å². The molecule has 0 aliphatic carbocycles. The largest absolute Gasteiger partial charge is 0.478 e. The number of alkyl halides is 2. The molecule has 0 saturated heterocycles. The first-order valence-corrected chi connectivity index (χ1v) is 3.59. The van der Waals surface area contributed by atoms with E-state index in [0.29, 0.717) is 6.07 Å². The minimum Gasteiger partial charge on any atom is -0.478 e. The first kappa shape index (κ1) is 11.0. The van der Waals surface area contributed by atoms with Crippen LogP contribution in [0.25, 0.3) is 0 Å². The molecule has 7 heteroatoms. The molecule has 0 aliphatic rings. The van der Waals surface area contributed by atoms with Crippen LogP contribution in [0.2, 0.25) is 0 Å². The van der Waals surface area contributed by atoms with Gasteiger partial charge in [-0.25, -0.2) is 22.9 Å². The molecule has 0 spiro atoms. The minimum absolute atomic E-state index is 0.357. The molecule has 1 aromatic heterocycles. The number of rotatable bonds is 2. The molecule has 1 N–H and O–H groups in total. The molecule has 0 radical (unpaired) electrons. The number of nitriles is 1. The molecular formula is C8H3F3N2O2. The summed E-state index contributed by atoms with van der Waals surface area (Å²) < 4.78 is 37.1. The second kappa shape index (κ2) is 3.96. The molecule has 78 valence electrons. The van der Waals surface area contributed by atoms with Crippen molar-refractivity contribution in [3.05, 3.63) is 28.8 Å². The Kier molecular flexibility index (Phi) is 2.90. The van der Waals surface area contributed by atoms with E-state index in [0.717, 1.165) is 0 Å². The highest BCUT2D eigenvalue weighted by atomic mass is 19.3. The first-order chi connectivity index (χ1) is 6.97. The topological polar surface area (TPSA) is 74.0 Å². The summed E-state index contributed by atoms with van der Waals surface area (Å²) in [6, 6.07) is 1.66. The van der Waals surface area contributed by atoms with Gasteiger partial charge in [0, 0.05) is 0 Å². The maximum atomic E-state index is 12.9. The van der Waals surface area contributed by atoms with Gasteiger partial charge in [0.2, 0.25) is 0 Å². The van der Waals surface area contributed by atoms with Crippen LogP contribution < -0.4 is 0 Å². The molecule has 0 bridgehead atoms. The lowest BCUT2D eigenvalue weighted by Gasteiger charge is -2.03. The smallest absolute Gasteiger partial charge is 0.338 e. The Morgan fingerprint density at radius 3 is 2.60 bits per heavy atom. The van der Waals surface area contributed by atoms with Crippen molar-refractivity contribution >= 4 is 5.97 Å². The van der Waals surface area contributed by atoms with E-state index < -0.39 is 35.2 Å². The van der Waals surface area contributed by atoms with E-state index >= 15 is 0 Å². The van der Waals surface area contributed by atoms with E-state index in [9.17, 15) is 18.0 Å². The number of hydrogen-bond donors (Lipinski definition) is 1. The summed E-state index contributed by atoms with van der Waals surface area (Å²) in [7, 11) is 0. The highest BCUT2D eigenvalue weighted by Gasteiger charge is 2.21. The van der Waals surface area contributed by atoms with Gasteiger partial charge in [0.15, 0.2) is 11.5 Å². The number of hydrogen-bond acceptors (Lipinski definition) is 3. The van der Waals surface area contributed by atoms with Crippen molar-refractivity contribution in [2.45, 2.75) is 6.43 Å². The molecule has 0 saturated carbocycles. The number of nitrogens with zero attached hydrogens (tertiary/aromatic N) is 2. The second-order valence-electron chi connectivity index (χ2n) is 2.47. The summed E-state index contributed by atoms with van der Waals surface area (Å²) in [5.74, 6) is -3.04. The van der Waals surface area contributed by atoms with Crippen LogP contribution in [0, 0.1) is 17.1 Å². The molecule has 0 amide bonds. The third kappa shape index (κ3) is 2.04. The van der Waals surface area contributed by atoms with Crippen molar-refractivity contribution < 1.29 is 23.1 Å². The number of aromatic nitrogens is 1. The lowest BCUT2D eigenvalue weighted by Crippen LogP contribution is -2.07. The van der Waals surface area contributed by atoms with E-state index in [1.807, 2.05) is 0 Å². The van der Waals surface area contributed by atoms with Crippen LogP contribution in [0.1, 0.15) is 28.2 Å². The zero-order valence-electron chi connectivity index (χ0n) is 7.04. The van der Waals surface area contributed by atoms with Crippen molar-refractivity contribution in [3.8, 4) is 6.07 Å². The normalized spacial score (nSPS) is 10.1. The van der Waals surface area contributed by atoms with Crippen LogP contribution in [-0.2, 0) is 0 Å². The summed E-state index contributed by atoms with van der Waals surface area (Å²) in [5.41, 5.74) is -2.70. The Morgan fingerprint density at radius 2 is 2.20 bits per heavy atom. The predicted molar refractivity (Wildman–Crippen MR) is 40.8 cm³/mol. The molecule has 4 nitrogen and oxygen atoms in total. The van der Waals surface area contributed by atoms with E-state index in [1.165, 1.54) is 6.07 Å². The lowest BCUT2D eigenvalue weighted by atomic mass is 10.2. The van der Waals surface area contributed by atoms with Crippen LogP contribution in [0.3, 0.4) is 0 Å². The number of carboxylic acid groups (broad SMARTS) is 1. The monoisotopic (exact) mass is 216 g/mol. The zero-order valence-corrected chi connectivity index (χ0v) is 7.04. The van der Waals surface area contributed by atoms with Crippen LogP contribution >= 0.6 is 0 Å². The molecule has 0 unspecified atom stereocenters. The standard InChI is InChI=1S/C8H3F3N2O2/c9-4-1-3(8(14)15)5(2-12)13-6(4)7(10)11/h1,7H,(H,14,15). The van der Waals surface area contributed by atoms with Crippen molar-refractivity contribution in [1.82, 2.24) is 4.98 Å². The van der Waals surface area contributed by atoms with Crippen molar-refractivity contribution in [3.63, 3.8) is 0 Å². The Balaban J connectivity index is 3.44. The summed E-state index contributed by atoms with van der Waals surface area (Å²) in [4.78, 5) is 13.4. The van der Waals surface area contributed by atoms with E-state index in [4.69, 9.17) is 10.4 Å². The molecular weight excluding hydrogens is 213 g/mol. The fraction of sp³-hybridized carbons (Fsp3) is 0.125. The molecule has 1 heterocycles. The van der Waals surface area contributed by atoms with Gasteiger partial charge in [-0.3, -0.25) is 0 Å². The number of carbonyl (C=O) groups is 1. The van der Waals surface area contributed by atoms with Crippen molar-refractivity contribution in [1.29, 1.82) is 5.26 Å². The average molecular weight is 216 g/mol. The Morgan fingerprint density at radius 1 is 1.60 bits per heavy atom. The number of aromatic carboxylic acids is 1. The Labute approximate surface area is 81.6 Å². The molecule has 15 heavy (non-hydrogen) atoms. The third-order valence-electron chi connectivity index (χ3n) is 1.55. The van der Waals surface area contributed by atoms with Gasteiger partial charge in [0.05, 0.1) is 5.56 Å². The zero-order chi connectivity index (χ0) is 11.6. The van der Waals surface area contributed by atoms with Gasteiger partial charge >= 0.3 is 5.97 Å². The maximum absolute atomic E-state index is 12.9. The number of halogens is 3. The SMILES string of the molecule is N#Cc1nc(C(F)F)c(F)cc1C(=O)O. The molecule has 1 rings (SSSR count). The number of pyridine rings is 1. The van der Waals surface area contributed by atoms with Crippen molar-refractivity contribution in [2.24, 2.45) is 0 Å². The summed E-state index contributed by atoms with van der Waals surface area (Å²) in [6.45, 7) is 0. The van der Waals surface area contributed by atoms with E-state index in [1.54, 1.807) is 0 Å². The Bertz CT molecular complexity index is 454. The van der Waals surface area contributed by atoms with Crippen LogP contribution in [0.15, 0.2) is 6.07 Å². The number of carboxylic acids is 1. The van der Waals surface area contributed by atoms with Gasteiger partial charge in [-0.2, -0.15) is 5.26 Å². The molecule has 0 fully saturated rings. The fourth-order valence-corrected chi connectivity index (χ4v) is 0.904. The van der Waals surface area contributed by atoms with Crippen LogP contribution in [0.4, 0.5) is 13.2 Å². The van der Waals surface area contributed by atoms with Gasteiger partial charge in [0.25, 0.3) is 6.43 Å². The van der Waals surface area contributed by atoms with Gasteiger partial charge in [-0.05, 0) is 6.07 Å². The molecule has 0 atom stereocenters. The predicted octanol–water partition coefficient (Wildman–Crippen LogP) is 1.73. The van der Waals surface area contributed by atoms with Crippen molar-refractivity contribution in [2.75, 3.05) is 0 Å². The van der Waals surface area contributed by atoms with Gasteiger partial charge < -0.3 is 5.11 Å². The fourth-order valence-electron chi connectivity index (χ4n) is 0.904. The highest BCUT2D eigenvalue weighted by molar-refractivity contribution is 5.89. The van der Waals surface area contributed by atoms with Gasteiger partial charge in [0.1, 0.15) is 11.8 Å². The third-order valence-corrected chi connectivity index (χ3v) is 1.55. The average Bonchev–Trinajstić information content (AvgIpc) is 2.16. The Hall–Kier alpha value is -2.10. The quantitative estimate of drug-likeness (QED) is 0.816. The maximum Gasteiger partial charge on any atom is 0.338 e. The molecule has 0 aromatic carbocycles. The summed E-state index contributed by atoms with van der Waals surface area (Å²) in [6.07, 6.45) is -3.19. The van der Waals surface area contributed by atoms with Gasteiger partial charge in [-0.15, -0.1) is 0 Å². The molecule has 0 aliphatic heterocycles. The first-order valence-electron chi connectivity index (χ1n) is 3.59. The molecule has 1 aromatic rings. The summed E-state index contributed by atoms with van der Waals surface area (Å²) >= 11 is 0. The summed E-state index contributed by atoms with van der Waals surface area (Å²) in [5, 5.41) is 16.9. The highest BCUT2D eigenvalue weighted by Crippen LogP contribution is 2.21. The van der Waals surface area contributed by atoms with E-state index in [-0.39, 0.29) is 0 Å². The minimum atomic E-state index is -3.19. The lowest BCUT2D eigenvalue weighted by molar-refractivity contribution is 0.0694. The van der Waals surface area contributed by atoms with Crippen LogP contribution in [-0.4, -0.2) is 16.1 Å².